The smallest absolute Gasteiger partial charge is 0.264 e. The molecule has 0 spiro atoms. The van der Waals surface area contributed by atoms with Crippen molar-refractivity contribution in [1.29, 1.82) is 0 Å². The van der Waals surface area contributed by atoms with E-state index in [0.717, 1.165) is 21.0 Å². The SMILES string of the molecule is Cc1ccc(C(C)NC(=O)CN(c2ccc(Cl)c(Cl)c2)S(=O)(=O)c2ccccc2)cc1C. The minimum absolute atomic E-state index is 0.0704. The number of nitrogens with one attached hydrogen (secondary N) is 1. The molecule has 168 valence electrons. The third kappa shape index (κ3) is 5.44. The summed E-state index contributed by atoms with van der Waals surface area (Å²) in [4.78, 5) is 13.0. The zero-order valence-electron chi connectivity index (χ0n) is 18.0. The van der Waals surface area contributed by atoms with E-state index < -0.39 is 22.5 Å². The third-order valence-corrected chi connectivity index (χ3v) is 7.75. The summed E-state index contributed by atoms with van der Waals surface area (Å²) in [6.45, 7) is 5.47. The number of halogens is 2. The summed E-state index contributed by atoms with van der Waals surface area (Å²) in [6, 6.07) is 18.1. The van der Waals surface area contributed by atoms with Crippen molar-refractivity contribution in [2.75, 3.05) is 10.8 Å². The molecule has 0 aromatic heterocycles. The maximum absolute atomic E-state index is 13.4. The molecule has 0 aliphatic rings. The fourth-order valence-electron chi connectivity index (χ4n) is 3.21. The number of benzene rings is 3. The van der Waals surface area contributed by atoms with Gasteiger partial charge in [-0.15, -0.1) is 0 Å². The van der Waals surface area contributed by atoms with Crippen molar-refractivity contribution in [3.05, 3.63) is 93.5 Å². The van der Waals surface area contributed by atoms with Crippen LogP contribution in [0.1, 0.15) is 29.7 Å². The van der Waals surface area contributed by atoms with Gasteiger partial charge in [0, 0.05) is 0 Å². The van der Waals surface area contributed by atoms with Gasteiger partial charge < -0.3 is 5.32 Å². The maximum atomic E-state index is 13.4. The quantitative estimate of drug-likeness (QED) is 0.462. The number of rotatable bonds is 7. The molecule has 32 heavy (non-hydrogen) atoms. The van der Waals surface area contributed by atoms with Gasteiger partial charge in [0.25, 0.3) is 10.0 Å². The van der Waals surface area contributed by atoms with Crippen LogP contribution in [0.4, 0.5) is 5.69 Å². The van der Waals surface area contributed by atoms with Crippen molar-refractivity contribution in [1.82, 2.24) is 5.32 Å². The van der Waals surface area contributed by atoms with E-state index >= 15 is 0 Å². The van der Waals surface area contributed by atoms with Crippen LogP contribution in [0, 0.1) is 13.8 Å². The molecule has 1 N–H and O–H groups in total. The van der Waals surface area contributed by atoms with Gasteiger partial charge in [-0.05, 0) is 67.8 Å². The lowest BCUT2D eigenvalue weighted by Crippen LogP contribution is -2.41. The van der Waals surface area contributed by atoms with Crippen molar-refractivity contribution in [3.63, 3.8) is 0 Å². The van der Waals surface area contributed by atoms with E-state index in [-0.39, 0.29) is 21.6 Å². The van der Waals surface area contributed by atoms with Crippen LogP contribution in [0.25, 0.3) is 0 Å². The normalized spacial score (nSPS) is 12.3. The Morgan fingerprint density at radius 1 is 0.938 bits per heavy atom. The average Bonchev–Trinajstić information content (AvgIpc) is 2.76. The van der Waals surface area contributed by atoms with Gasteiger partial charge in [0.2, 0.25) is 5.91 Å². The monoisotopic (exact) mass is 490 g/mol. The summed E-state index contributed by atoms with van der Waals surface area (Å²) in [5, 5.41) is 3.38. The van der Waals surface area contributed by atoms with E-state index in [0.29, 0.717) is 5.02 Å². The number of carbonyl (C=O) groups is 1. The van der Waals surface area contributed by atoms with Gasteiger partial charge in [0.15, 0.2) is 0 Å². The molecule has 1 amide bonds. The van der Waals surface area contributed by atoms with Crippen LogP contribution in [0.5, 0.6) is 0 Å². The summed E-state index contributed by atoms with van der Waals surface area (Å²) in [7, 11) is -4.02. The lowest BCUT2D eigenvalue weighted by molar-refractivity contribution is -0.120. The van der Waals surface area contributed by atoms with Gasteiger partial charge >= 0.3 is 0 Å². The molecule has 3 rings (SSSR count). The second-order valence-electron chi connectivity index (χ2n) is 7.56. The second kappa shape index (κ2) is 9.94. The standard InChI is InChI=1S/C24H24Cl2N2O3S/c1-16-9-10-19(13-17(16)2)18(3)27-24(29)15-28(20-11-12-22(25)23(26)14-20)32(30,31)21-7-5-4-6-8-21/h4-14,18H,15H2,1-3H3,(H,27,29). The minimum atomic E-state index is -4.02. The van der Waals surface area contributed by atoms with E-state index in [1.165, 1.54) is 30.3 Å². The molecular formula is C24H24Cl2N2O3S. The molecule has 0 bridgehead atoms. The van der Waals surface area contributed by atoms with Crippen LogP contribution < -0.4 is 9.62 Å². The van der Waals surface area contributed by atoms with Gasteiger partial charge in [-0.2, -0.15) is 0 Å². The minimum Gasteiger partial charge on any atom is -0.348 e. The van der Waals surface area contributed by atoms with E-state index in [1.807, 2.05) is 39.0 Å². The first-order valence-corrected chi connectivity index (χ1v) is 12.2. The highest BCUT2D eigenvalue weighted by molar-refractivity contribution is 7.92. The molecule has 0 aliphatic heterocycles. The molecule has 0 fully saturated rings. The summed E-state index contributed by atoms with van der Waals surface area (Å²) < 4.78 is 27.8. The van der Waals surface area contributed by atoms with Crippen molar-refractivity contribution >= 4 is 44.8 Å². The largest absolute Gasteiger partial charge is 0.348 e. The number of aryl methyl sites for hydroxylation is 2. The number of hydrogen-bond acceptors (Lipinski definition) is 3. The highest BCUT2D eigenvalue weighted by atomic mass is 35.5. The van der Waals surface area contributed by atoms with Crippen molar-refractivity contribution in [3.8, 4) is 0 Å². The van der Waals surface area contributed by atoms with Crippen LogP contribution in [0.3, 0.4) is 0 Å². The molecule has 1 atom stereocenters. The van der Waals surface area contributed by atoms with E-state index in [1.54, 1.807) is 18.2 Å². The fourth-order valence-corrected chi connectivity index (χ4v) is 4.94. The van der Waals surface area contributed by atoms with Crippen LogP contribution >= 0.6 is 23.2 Å². The Bertz CT molecular complexity index is 1230. The Balaban J connectivity index is 1.90. The molecule has 0 heterocycles. The maximum Gasteiger partial charge on any atom is 0.264 e. The van der Waals surface area contributed by atoms with E-state index in [2.05, 4.69) is 5.32 Å². The number of carbonyl (C=O) groups excluding carboxylic acids is 1. The van der Waals surface area contributed by atoms with Gasteiger partial charge in [-0.3, -0.25) is 9.10 Å². The highest BCUT2D eigenvalue weighted by Gasteiger charge is 2.28. The number of sulfonamides is 1. The molecule has 1 unspecified atom stereocenters. The van der Waals surface area contributed by atoms with Gasteiger partial charge in [-0.25, -0.2) is 8.42 Å². The van der Waals surface area contributed by atoms with E-state index in [9.17, 15) is 13.2 Å². The summed E-state index contributed by atoms with van der Waals surface area (Å²) in [5.41, 5.74) is 3.46. The highest BCUT2D eigenvalue weighted by Crippen LogP contribution is 2.30. The summed E-state index contributed by atoms with van der Waals surface area (Å²) >= 11 is 12.1. The lowest BCUT2D eigenvalue weighted by Gasteiger charge is -2.25. The molecule has 0 radical (unpaired) electrons. The Morgan fingerprint density at radius 2 is 1.62 bits per heavy atom. The third-order valence-electron chi connectivity index (χ3n) is 5.22. The van der Waals surface area contributed by atoms with Gasteiger partial charge in [-0.1, -0.05) is 59.6 Å². The Kier molecular flexibility index (Phi) is 7.49. The van der Waals surface area contributed by atoms with Crippen molar-refractivity contribution in [2.24, 2.45) is 0 Å². The van der Waals surface area contributed by atoms with Crippen molar-refractivity contribution in [2.45, 2.75) is 31.7 Å². The van der Waals surface area contributed by atoms with Crippen LogP contribution in [-0.4, -0.2) is 20.9 Å². The average molecular weight is 491 g/mol. The first kappa shape index (κ1) is 24.1. The Hall–Kier alpha value is -2.54. The zero-order valence-corrected chi connectivity index (χ0v) is 20.3. The fraction of sp³-hybridized carbons (Fsp3) is 0.208. The molecule has 3 aromatic carbocycles. The molecule has 0 saturated carbocycles. The second-order valence-corrected chi connectivity index (χ2v) is 10.2. The zero-order chi connectivity index (χ0) is 23.5. The molecule has 5 nitrogen and oxygen atoms in total. The van der Waals surface area contributed by atoms with Gasteiger partial charge in [0.1, 0.15) is 6.54 Å². The number of nitrogens with zero attached hydrogens (tertiary/aromatic N) is 1. The van der Waals surface area contributed by atoms with Crippen LogP contribution in [0.2, 0.25) is 10.0 Å². The molecule has 3 aromatic rings. The van der Waals surface area contributed by atoms with Crippen LogP contribution in [0.15, 0.2) is 71.6 Å². The molecule has 8 heteroatoms. The number of anilines is 1. The predicted molar refractivity (Wildman–Crippen MR) is 130 cm³/mol. The number of hydrogen-bond donors (Lipinski definition) is 1. The molecule has 0 aliphatic carbocycles. The topological polar surface area (TPSA) is 66.5 Å². The lowest BCUT2D eigenvalue weighted by atomic mass is 10.0. The van der Waals surface area contributed by atoms with E-state index in [4.69, 9.17) is 23.2 Å². The first-order chi connectivity index (χ1) is 15.1. The van der Waals surface area contributed by atoms with Crippen molar-refractivity contribution < 1.29 is 13.2 Å². The van der Waals surface area contributed by atoms with Crippen LogP contribution in [-0.2, 0) is 14.8 Å². The molecule has 0 saturated heterocycles. The summed E-state index contributed by atoms with van der Waals surface area (Å²) in [5.74, 6) is -0.443. The predicted octanol–water partition coefficient (Wildman–Crippen LogP) is 5.68. The Morgan fingerprint density at radius 3 is 2.25 bits per heavy atom. The summed E-state index contributed by atoms with van der Waals surface area (Å²) in [6.07, 6.45) is 0. The Labute approximate surface area is 199 Å². The molecular weight excluding hydrogens is 467 g/mol. The number of amides is 1. The van der Waals surface area contributed by atoms with Gasteiger partial charge in [0.05, 0.1) is 26.7 Å². The first-order valence-electron chi connectivity index (χ1n) is 9.99.